The van der Waals surface area contributed by atoms with Crippen LogP contribution in [0.25, 0.3) is 21.7 Å². The summed E-state index contributed by atoms with van der Waals surface area (Å²) in [7, 11) is -5.23. The number of aliphatic hydroxyl groups excluding tert-OH is 6. The summed E-state index contributed by atoms with van der Waals surface area (Å²) in [6.45, 7) is 5.62. The second-order valence-corrected chi connectivity index (χ2v) is 28.7. The molecule has 100 heavy (non-hydrogen) atoms. The average Bonchev–Trinajstić information content (AvgIpc) is 1.67. The van der Waals surface area contributed by atoms with Gasteiger partial charge in [0.05, 0.1) is 61.3 Å². The number of aromatic hydroxyl groups is 1. The van der Waals surface area contributed by atoms with Crippen molar-refractivity contribution >= 4 is 74.2 Å². The minimum absolute atomic E-state index is 0.0542. The molecule has 1 saturated carbocycles. The molecule has 4 aromatic rings. The van der Waals surface area contributed by atoms with Gasteiger partial charge in [0, 0.05) is 94.6 Å². The molecule has 33 nitrogen and oxygen atoms in total. The molecule has 0 bridgehead atoms. The fourth-order valence-corrected chi connectivity index (χ4v) is 14.9. The maximum absolute atomic E-state index is 14.7. The highest BCUT2D eigenvalue weighted by atomic mass is 32.3. The van der Waals surface area contributed by atoms with E-state index in [9.17, 15) is 82.3 Å². The van der Waals surface area contributed by atoms with E-state index in [1.807, 2.05) is 43.6 Å². The average molecular weight is 1430 g/mol. The summed E-state index contributed by atoms with van der Waals surface area (Å²) in [4.78, 5) is 115. The standard InChI is InChI=1S/C65H88N14O19S2/c1-33-30-77(65-75-74-61(99-65)38-12-10-37(11-13-38)40-27-69-64(70-28-40)76-19-16-44(17-20-76)97-43-7-5-4-6-8-43)18-15-39(33)26-67-45-23-41(81)29-68-60(91)55-56(87)34(2)31-79(55)63(93)54(49(85)25-51(66)86)73-59(90)53(48(84)21-36-9-14-47(83)50(22-36)98-100(94,95)96)72-58(89)46-24-42(82)32-78(46)62(92)52(35(3)80)71-57(45)88/h9-14,22,27-28,34-35,41-46,48-49,52-56,67,80-85,87H,4-8,15-21,23-26,29-32H2,1-3H3,(H2,66,86)(H,68,91)(H,71,88)(H,72,89)(H,73,90)(H,94,95,96)/t34-,35+,41+,42+,45-,46-,48+,49+,52-,53-,54-,55-,56-/m0/s1. The van der Waals surface area contributed by atoms with Gasteiger partial charge in [0.15, 0.2) is 11.5 Å². The van der Waals surface area contributed by atoms with Gasteiger partial charge in [-0.15, -0.1) is 10.2 Å². The summed E-state index contributed by atoms with van der Waals surface area (Å²) in [5.74, 6) is -10.1. The highest BCUT2D eigenvalue weighted by Crippen LogP contribution is 2.35. The van der Waals surface area contributed by atoms with Crippen molar-refractivity contribution in [3.05, 3.63) is 71.6 Å². The van der Waals surface area contributed by atoms with E-state index in [0.717, 1.165) is 94.6 Å². The van der Waals surface area contributed by atoms with Crippen LogP contribution in [-0.2, 0) is 55.1 Å². The van der Waals surface area contributed by atoms with Crippen molar-refractivity contribution in [3.63, 3.8) is 0 Å². The van der Waals surface area contributed by atoms with E-state index in [1.54, 1.807) is 0 Å². The van der Waals surface area contributed by atoms with E-state index < -0.39 is 187 Å². The topological polar surface area (TPSA) is 485 Å². The van der Waals surface area contributed by atoms with Gasteiger partial charge in [-0.05, 0) is 75.6 Å². The fourth-order valence-electron chi connectivity index (χ4n) is 13.7. The number of carbonyl (C=O) groups excluding carboxylic acids is 7. The number of piperidine rings is 1. The molecule has 5 fully saturated rings. The number of nitrogens with zero attached hydrogens (tertiary/aromatic N) is 8. The molecule has 544 valence electrons. The molecule has 7 amide bonds. The Morgan fingerprint density at radius 3 is 2.09 bits per heavy atom. The van der Waals surface area contributed by atoms with Gasteiger partial charge < -0.3 is 96.6 Å². The lowest BCUT2D eigenvalue weighted by Gasteiger charge is -2.34. The zero-order chi connectivity index (χ0) is 71.9. The SMILES string of the molecule is CC1=C(CN[C@H]2C[C@@H](O)CNC(=O)[C@@H]3[C@@H](O)[C@@H](C)CN3C(=O)[C@H]([C@H](O)CC(N)=O)NC(=O)[C@H]([C@H](O)Cc3ccc(O)c(OS(=O)(=O)O)c3)NC(=O)[C@@H]3C[C@@H](O)CN3C(=O)[C@H]([C@@H](C)O)NC2=O)CCN(c2nnc(-c3ccc(-c4cnc(N5CCC(OC6CCCCC6)CC5)nc4)cc3)s2)C1. The first-order valence-corrected chi connectivity index (χ1v) is 35.7. The number of aliphatic hydroxyl groups is 6. The number of β-amino-alcohol motifs (C(OH)–C–C–N with tert-alkyl or cyclic N) is 1. The third kappa shape index (κ3) is 18.5. The smallest absolute Gasteiger partial charge is 0.446 e. The molecule has 0 spiro atoms. The number of hydrogen-bond donors (Lipinski definition) is 14. The Bertz CT molecular complexity index is 3740. The third-order valence-electron chi connectivity index (χ3n) is 19.2. The molecule has 0 unspecified atom stereocenters. The minimum Gasteiger partial charge on any atom is -0.504 e. The van der Waals surface area contributed by atoms with E-state index >= 15 is 0 Å². The van der Waals surface area contributed by atoms with E-state index in [2.05, 4.69) is 50.8 Å². The highest BCUT2D eigenvalue weighted by Gasteiger charge is 2.50. The van der Waals surface area contributed by atoms with Gasteiger partial charge in [-0.2, -0.15) is 8.42 Å². The number of anilines is 2. The van der Waals surface area contributed by atoms with Gasteiger partial charge in [0.2, 0.25) is 52.4 Å². The fraction of sp³-hybridized carbons (Fsp3) is 0.585. The Morgan fingerprint density at radius 1 is 0.760 bits per heavy atom. The predicted octanol–water partition coefficient (Wildman–Crippen LogP) is -1.92. The number of nitrogens with one attached hydrogen (secondary N) is 5. The summed E-state index contributed by atoms with van der Waals surface area (Å²) in [5.41, 5.74) is 9.76. The normalized spacial score (nSPS) is 27.1. The van der Waals surface area contributed by atoms with Crippen LogP contribution in [0.4, 0.5) is 11.1 Å². The number of phenols is 1. The van der Waals surface area contributed by atoms with Gasteiger partial charge in [-0.25, -0.2) is 9.97 Å². The lowest BCUT2D eigenvalue weighted by atomic mass is 9.97. The molecule has 0 radical (unpaired) electrons. The number of nitrogens with two attached hydrogens (primary N) is 1. The second-order valence-electron chi connectivity index (χ2n) is 26.8. The van der Waals surface area contributed by atoms with Crippen LogP contribution in [0.15, 0.2) is 66.0 Å². The summed E-state index contributed by atoms with van der Waals surface area (Å²) in [5, 5.41) is 102. The van der Waals surface area contributed by atoms with Gasteiger partial charge in [-0.1, -0.05) is 79.0 Å². The number of rotatable bonds is 18. The Morgan fingerprint density at radius 2 is 1.42 bits per heavy atom. The highest BCUT2D eigenvalue weighted by molar-refractivity contribution is 7.81. The van der Waals surface area contributed by atoms with Gasteiger partial charge >= 0.3 is 10.4 Å². The van der Waals surface area contributed by atoms with Crippen molar-refractivity contribution in [2.24, 2.45) is 11.7 Å². The molecule has 15 N–H and O–H groups in total. The molecule has 35 heteroatoms. The molecule has 1 aliphatic carbocycles. The molecule has 4 saturated heterocycles. The van der Waals surface area contributed by atoms with Crippen molar-refractivity contribution in [3.8, 4) is 33.2 Å². The Labute approximate surface area is 580 Å². The number of hydrogen-bond acceptors (Lipinski definition) is 26. The van der Waals surface area contributed by atoms with Gasteiger partial charge in [-0.3, -0.25) is 38.1 Å². The summed E-state index contributed by atoms with van der Waals surface area (Å²) in [6.07, 6.45) is -0.590. The number of aromatic nitrogens is 4. The first-order valence-electron chi connectivity index (χ1n) is 33.6. The quantitative estimate of drug-likeness (QED) is 0.0381. The monoisotopic (exact) mass is 1430 g/mol. The van der Waals surface area contributed by atoms with Crippen LogP contribution in [0.1, 0.15) is 97.0 Å². The number of fused-ring (bicyclic) bond motifs is 2. The number of amides is 7. The van der Waals surface area contributed by atoms with Crippen molar-refractivity contribution in [1.29, 1.82) is 0 Å². The maximum Gasteiger partial charge on any atom is 0.446 e. The summed E-state index contributed by atoms with van der Waals surface area (Å²) in [6, 6.07) is -0.462. The summed E-state index contributed by atoms with van der Waals surface area (Å²) >= 11 is 1.42. The second kappa shape index (κ2) is 32.7. The molecule has 7 heterocycles. The van der Waals surface area contributed by atoms with E-state index in [0.29, 0.717) is 41.7 Å². The molecule has 2 aromatic heterocycles. The molecule has 2 aromatic carbocycles. The van der Waals surface area contributed by atoms with Crippen molar-refractivity contribution in [2.75, 3.05) is 62.2 Å². The van der Waals surface area contributed by atoms with Crippen molar-refractivity contribution in [2.45, 2.75) is 183 Å². The molecular weight excluding hydrogens is 1340 g/mol. The lowest BCUT2D eigenvalue weighted by molar-refractivity contribution is -0.147. The lowest BCUT2D eigenvalue weighted by Crippen LogP contribution is -2.64. The number of ether oxygens (including phenoxy) is 1. The zero-order valence-corrected chi connectivity index (χ0v) is 57.2. The first-order chi connectivity index (χ1) is 47.6. The number of primary amides is 1. The summed E-state index contributed by atoms with van der Waals surface area (Å²) < 4.78 is 43.4. The molecule has 6 aliphatic rings. The van der Waals surface area contributed by atoms with Crippen LogP contribution in [0.2, 0.25) is 0 Å². The number of carbonyl (C=O) groups is 7. The predicted molar refractivity (Wildman–Crippen MR) is 359 cm³/mol. The van der Waals surface area contributed by atoms with E-state index in [-0.39, 0.29) is 18.2 Å². The van der Waals surface area contributed by atoms with Crippen molar-refractivity contribution < 1.29 is 91.2 Å². The van der Waals surface area contributed by atoms with Crippen LogP contribution in [0.5, 0.6) is 11.5 Å². The molecule has 13 atom stereocenters. The Kier molecular flexibility index (Phi) is 24.4. The van der Waals surface area contributed by atoms with Gasteiger partial charge in [0.25, 0.3) is 0 Å². The van der Waals surface area contributed by atoms with Crippen molar-refractivity contribution in [1.82, 2.24) is 56.5 Å². The Balaban J connectivity index is 0.849. The molecule has 5 aliphatic heterocycles. The largest absolute Gasteiger partial charge is 0.504 e. The van der Waals surface area contributed by atoms with Crippen LogP contribution >= 0.6 is 11.3 Å². The van der Waals surface area contributed by atoms with E-state index in [1.165, 1.54) is 44.4 Å². The van der Waals surface area contributed by atoms with Gasteiger partial charge in [0.1, 0.15) is 35.2 Å². The molecule has 10 rings (SSSR count). The number of phenolic OH excluding ortho intramolecular Hbond substituents is 1. The van der Waals surface area contributed by atoms with E-state index in [4.69, 9.17) is 20.4 Å². The first kappa shape index (κ1) is 74.6. The molecular formula is C65H88N14O19S2. The minimum atomic E-state index is -5.23. The Hall–Kier alpha value is -8.10. The zero-order valence-electron chi connectivity index (χ0n) is 55.5. The van der Waals surface area contributed by atoms with Crippen LogP contribution in [0.3, 0.4) is 0 Å². The number of benzene rings is 2. The maximum atomic E-state index is 14.7. The van der Waals surface area contributed by atoms with Crippen LogP contribution < -0.4 is 46.3 Å². The van der Waals surface area contributed by atoms with Crippen LogP contribution in [-0.4, -0.2) is 257 Å². The van der Waals surface area contributed by atoms with Crippen LogP contribution in [0, 0.1) is 5.92 Å². The third-order valence-corrected chi connectivity index (χ3v) is 20.7.